The van der Waals surface area contributed by atoms with E-state index in [1.807, 2.05) is 30.3 Å². The van der Waals surface area contributed by atoms with Crippen molar-refractivity contribution in [2.75, 3.05) is 0 Å². The number of aromatic hydroxyl groups is 2. The Morgan fingerprint density at radius 1 is 1.00 bits per heavy atom. The second kappa shape index (κ2) is 4.89. The highest BCUT2D eigenvalue weighted by Gasteiger charge is 2.11. The summed E-state index contributed by atoms with van der Waals surface area (Å²) in [5.74, 6) is 0.0755. The molecule has 0 unspecified atom stereocenters. The Morgan fingerprint density at radius 3 is 2.35 bits per heavy atom. The van der Waals surface area contributed by atoms with E-state index in [4.69, 9.17) is 5.73 Å². The van der Waals surface area contributed by atoms with Gasteiger partial charge in [0.25, 0.3) is 0 Å². The third-order valence-electron chi connectivity index (χ3n) is 2.71. The number of hydrogen-bond acceptors (Lipinski definition) is 3. The van der Waals surface area contributed by atoms with E-state index >= 15 is 0 Å². The molecule has 3 heteroatoms. The van der Waals surface area contributed by atoms with E-state index < -0.39 is 0 Å². The van der Waals surface area contributed by atoms with Gasteiger partial charge in [0.2, 0.25) is 0 Å². The number of phenols is 2. The van der Waals surface area contributed by atoms with Crippen LogP contribution in [0.5, 0.6) is 11.5 Å². The zero-order valence-electron chi connectivity index (χ0n) is 9.38. The minimum atomic E-state index is -0.280. The van der Waals surface area contributed by atoms with Gasteiger partial charge in [-0.3, -0.25) is 0 Å². The molecular formula is C14H15NO2. The van der Waals surface area contributed by atoms with Gasteiger partial charge in [0.15, 0.2) is 0 Å². The fourth-order valence-electron chi connectivity index (χ4n) is 1.82. The Hall–Kier alpha value is -2.00. The summed E-state index contributed by atoms with van der Waals surface area (Å²) >= 11 is 0. The molecule has 0 aliphatic rings. The van der Waals surface area contributed by atoms with E-state index in [1.54, 1.807) is 6.07 Å². The van der Waals surface area contributed by atoms with Gasteiger partial charge in [0, 0.05) is 17.7 Å². The maximum atomic E-state index is 9.70. The lowest BCUT2D eigenvalue weighted by molar-refractivity contribution is 0.441. The molecule has 0 aromatic heterocycles. The van der Waals surface area contributed by atoms with Crippen molar-refractivity contribution >= 4 is 0 Å². The lowest BCUT2D eigenvalue weighted by atomic mass is 9.99. The van der Waals surface area contributed by atoms with Crippen LogP contribution >= 0.6 is 0 Å². The summed E-state index contributed by atoms with van der Waals surface area (Å²) < 4.78 is 0. The zero-order valence-corrected chi connectivity index (χ0v) is 9.38. The van der Waals surface area contributed by atoms with Crippen LogP contribution in [0, 0.1) is 0 Å². The molecule has 0 fully saturated rings. The minimum absolute atomic E-state index is 0.0356. The van der Waals surface area contributed by atoms with Gasteiger partial charge < -0.3 is 15.9 Å². The van der Waals surface area contributed by atoms with Gasteiger partial charge in [0.05, 0.1) is 0 Å². The van der Waals surface area contributed by atoms with Crippen LogP contribution in [-0.4, -0.2) is 10.2 Å². The second-order valence-electron chi connectivity index (χ2n) is 4.04. The van der Waals surface area contributed by atoms with E-state index in [-0.39, 0.29) is 17.5 Å². The molecule has 0 radical (unpaired) electrons. The number of nitrogens with two attached hydrogens (primary N) is 1. The van der Waals surface area contributed by atoms with Crippen molar-refractivity contribution in [3.8, 4) is 11.5 Å². The smallest absolute Gasteiger partial charge is 0.124 e. The Bertz CT molecular complexity index is 497. The van der Waals surface area contributed by atoms with Crippen molar-refractivity contribution in [2.45, 2.75) is 12.5 Å². The molecule has 4 N–H and O–H groups in total. The van der Waals surface area contributed by atoms with Gasteiger partial charge in [-0.2, -0.15) is 0 Å². The zero-order chi connectivity index (χ0) is 12.3. The number of phenolic OH excluding ortho intramolecular Hbond substituents is 2. The third kappa shape index (κ3) is 2.77. The van der Waals surface area contributed by atoms with E-state index in [9.17, 15) is 10.2 Å². The Kier molecular flexibility index (Phi) is 3.30. The molecule has 2 rings (SSSR count). The highest BCUT2D eigenvalue weighted by Crippen LogP contribution is 2.28. The SMILES string of the molecule is N[C@H](Cc1ccccc1)c1ccc(O)cc1O. The summed E-state index contributed by atoms with van der Waals surface area (Å²) in [5, 5.41) is 18.9. The highest BCUT2D eigenvalue weighted by molar-refractivity contribution is 5.41. The van der Waals surface area contributed by atoms with E-state index in [0.717, 1.165) is 5.56 Å². The topological polar surface area (TPSA) is 66.5 Å². The molecule has 0 spiro atoms. The summed E-state index contributed by atoms with van der Waals surface area (Å²) in [6, 6.07) is 14.1. The van der Waals surface area contributed by atoms with Crippen LogP contribution < -0.4 is 5.73 Å². The van der Waals surface area contributed by atoms with E-state index in [2.05, 4.69) is 0 Å². The monoisotopic (exact) mass is 229 g/mol. The summed E-state index contributed by atoms with van der Waals surface area (Å²) in [5.41, 5.74) is 7.80. The largest absolute Gasteiger partial charge is 0.508 e. The molecular weight excluding hydrogens is 214 g/mol. The summed E-state index contributed by atoms with van der Waals surface area (Å²) in [6.07, 6.45) is 0.652. The second-order valence-corrected chi connectivity index (χ2v) is 4.04. The van der Waals surface area contributed by atoms with Crippen molar-refractivity contribution in [2.24, 2.45) is 5.73 Å². The van der Waals surface area contributed by atoms with Crippen LogP contribution in [0.15, 0.2) is 48.5 Å². The molecule has 0 aliphatic heterocycles. The van der Waals surface area contributed by atoms with Crippen LogP contribution in [-0.2, 0) is 6.42 Å². The molecule has 17 heavy (non-hydrogen) atoms. The maximum absolute atomic E-state index is 9.70. The average molecular weight is 229 g/mol. The van der Waals surface area contributed by atoms with Gasteiger partial charge in [-0.05, 0) is 18.1 Å². The van der Waals surface area contributed by atoms with E-state index in [1.165, 1.54) is 12.1 Å². The van der Waals surface area contributed by atoms with Crippen molar-refractivity contribution in [1.29, 1.82) is 0 Å². The number of rotatable bonds is 3. The highest BCUT2D eigenvalue weighted by atomic mass is 16.3. The van der Waals surface area contributed by atoms with Crippen molar-refractivity contribution in [3.05, 3.63) is 59.7 Å². The lowest BCUT2D eigenvalue weighted by Crippen LogP contribution is -2.13. The molecule has 0 saturated carbocycles. The van der Waals surface area contributed by atoms with Gasteiger partial charge in [0.1, 0.15) is 11.5 Å². The van der Waals surface area contributed by atoms with Crippen LogP contribution in [0.1, 0.15) is 17.2 Å². The van der Waals surface area contributed by atoms with Crippen LogP contribution in [0.3, 0.4) is 0 Å². The molecule has 0 bridgehead atoms. The summed E-state index contributed by atoms with van der Waals surface area (Å²) in [4.78, 5) is 0. The molecule has 2 aromatic carbocycles. The van der Waals surface area contributed by atoms with Gasteiger partial charge in [-0.1, -0.05) is 36.4 Å². The molecule has 2 aromatic rings. The van der Waals surface area contributed by atoms with Crippen molar-refractivity contribution in [3.63, 3.8) is 0 Å². The predicted molar refractivity (Wildman–Crippen MR) is 66.8 cm³/mol. The normalized spacial score (nSPS) is 12.3. The van der Waals surface area contributed by atoms with Gasteiger partial charge >= 0.3 is 0 Å². The molecule has 0 aliphatic carbocycles. The van der Waals surface area contributed by atoms with Crippen LogP contribution in [0.2, 0.25) is 0 Å². The minimum Gasteiger partial charge on any atom is -0.508 e. The first-order chi connectivity index (χ1) is 8.16. The molecule has 3 nitrogen and oxygen atoms in total. The molecule has 88 valence electrons. The molecule has 0 heterocycles. The third-order valence-corrected chi connectivity index (χ3v) is 2.71. The molecule has 0 amide bonds. The average Bonchev–Trinajstić information content (AvgIpc) is 2.30. The summed E-state index contributed by atoms with van der Waals surface area (Å²) in [6.45, 7) is 0. The van der Waals surface area contributed by atoms with Crippen LogP contribution in [0.25, 0.3) is 0 Å². The number of hydrogen-bond donors (Lipinski definition) is 3. The lowest BCUT2D eigenvalue weighted by Gasteiger charge is -2.13. The number of benzene rings is 2. The first-order valence-corrected chi connectivity index (χ1v) is 5.48. The van der Waals surface area contributed by atoms with Crippen molar-refractivity contribution in [1.82, 2.24) is 0 Å². The Labute approximate surface area is 100 Å². The predicted octanol–water partition coefficient (Wildman–Crippen LogP) is 2.34. The standard InChI is InChI=1S/C14H15NO2/c15-13(8-10-4-2-1-3-5-10)12-7-6-11(16)9-14(12)17/h1-7,9,13,16-17H,8,15H2/t13-/m1/s1. The first-order valence-electron chi connectivity index (χ1n) is 5.48. The summed E-state index contributed by atoms with van der Waals surface area (Å²) in [7, 11) is 0. The molecule has 0 saturated heterocycles. The molecule has 1 atom stereocenters. The van der Waals surface area contributed by atoms with Gasteiger partial charge in [-0.25, -0.2) is 0 Å². The van der Waals surface area contributed by atoms with Gasteiger partial charge in [-0.15, -0.1) is 0 Å². The quantitative estimate of drug-likeness (QED) is 0.756. The Balaban J connectivity index is 2.17. The first kappa shape index (κ1) is 11.5. The Morgan fingerprint density at radius 2 is 1.71 bits per heavy atom. The van der Waals surface area contributed by atoms with E-state index in [0.29, 0.717) is 12.0 Å². The fourth-order valence-corrected chi connectivity index (χ4v) is 1.82. The van der Waals surface area contributed by atoms with Crippen LogP contribution in [0.4, 0.5) is 0 Å². The van der Waals surface area contributed by atoms with Crippen molar-refractivity contribution < 1.29 is 10.2 Å². The maximum Gasteiger partial charge on any atom is 0.124 e. The fraction of sp³-hybridized carbons (Fsp3) is 0.143.